The van der Waals surface area contributed by atoms with Crippen molar-refractivity contribution in [3.05, 3.63) is 50.7 Å². The Morgan fingerprint density at radius 1 is 1.29 bits per heavy atom. The lowest BCUT2D eigenvalue weighted by molar-refractivity contribution is 0.601. The van der Waals surface area contributed by atoms with Crippen LogP contribution in [0.1, 0.15) is 5.56 Å². The van der Waals surface area contributed by atoms with Gasteiger partial charge in [0.1, 0.15) is 10.0 Å². The van der Waals surface area contributed by atoms with Crippen molar-refractivity contribution >= 4 is 54.8 Å². The molecule has 0 aliphatic carbocycles. The first-order valence-corrected chi connectivity index (χ1v) is 8.40. The summed E-state index contributed by atoms with van der Waals surface area (Å²) < 4.78 is 27.4. The topological polar surface area (TPSA) is 82.8 Å². The lowest BCUT2D eigenvalue weighted by atomic mass is 10.2. The second-order valence-electron chi connectivity index (χ2n) is 3.86. The molecule has 5 nitrogen and oxygen atoms in total. The van der Waals surface area contributed by atoms with Crippen LogP contribution in [0.15, 0.2) is 39.8 Å². The van der Waals surface area contributed by atoms with E-state index in [4.69, 9.17) is 28.5 Å². The summed E-state index contributed by atoms with van der Waals surface area (Å²) in [4.78, 5) is 3.63. The van der Waals surface area contributed by atoms with Crippen LogP contribution in [0.3, 0.4) is 0 Å². The molecule has 0 spiro atoms. The standard InChI is InChI=1S/C12H6BrCl2N3O2S/c13-9-4-8(6-17-12(9)15)18-21(19,20)11-3-7(5-16)1-2-10(11)14/h1-4,6,18H. The highest BCUT2D eigenvalue weighted by atomic mass is 79.9. The molecule has 0 fully saturated rings. The second-order valence-corrected chi connectivity index (χ2v) is 7.13. The summed E-state index contributed by atoms with van der Waals surface area (Å²) in [6, 6.07) is 7.31. The molecule has 0 aliphatic rings. The van der Waals surface area contributed by atoms with Crippen molar-refractivity contribution in [3.63, 3.8) is 0 Å². The van der Waals surface area contributed by atoms with E-state index < -0.39 is 10.0 Å². The number of nitriles is 1. The van der Waals surface area contributed by atoms with Gasteiger partial charge in [-0.05, 0) is 40.2 Å². The van der Waals surface area contributed by atoms with Gasteiger partial charge in [0.05, 0.1) is 33.0 Å². The molecule has 0 unspecified atom stereocenters. The Morgan fingerprint density at radius 3 is 2.62 bits per heavy atom. The van der Waals surface area contributed by atoms with Crippen LogP contribution >= 0.6 is 39.1 Å². The van der Waals surface area contributed by atoms with Crippen molar-refractivity contribution in [3.8, 4) is 6.07 Å². The van der Waals surface area contributed by atoms with Gasteiger partial charge >= 0.3 is 0 Å². The molecule has 2 aromatic rings. The number of nitrogens with zero attached hydrogens (tertiary/aromatic N) is 2. The van der Waals surface area contributed by atoms with E-state index in [0.29, 0.717) is 4.47 Å². The zero-order chi connectivity index (χ0) is 15.6. The summed E-state index contributed by atoms with van der Waals surface area (Å²) in [5, 5.41) is 9.06. The van der Waals surface area contributed by atoms with Crippen molar-refractivity contribution in [2.75, 3.05) is 4.72 Å². The molecule has 0 saturated heterocycles. The minimum absolute atomic E-state index is 0.0162. The molecule has 108 valence electrons. The molecule has 9 heteroatoms. The third-order valence-corrected chi connectivity index (χ3v) is 5.40. The predicted molar refractivity (Wildman–Crippen MR) is 83.9 cm³/mol. The first-order chi connectivity index (χ1) is 9.83. The summed E-state index contributed by atoms with van der Waals surface area (Å²) in [5.41, 5.74) is 0.403. The number of halogens is 3. The Bertz CT molecular complexity index is 850. The molecule has 0 amide bonds. The Morgan fingerprint density at radius 2 is 2.00 bits per heavy atom. The third-order valence-electron chi connectivity index (χ3n) is 2.40. The van der Waals surface area contributed by atoms with Crippen LogP contribution in [0.25, 0.3) is 0 Å². The zero-order valence-corrected chi connectivity index (χ0v) is 14.1. The summed E-state index contributed by atoms with van der Waals surface area (Å²) in [6.45, 7) is 0. The third kappa shape index (κ3) is 3.66. The highest BCUT2D eigenvalue weighted by Gasteiger charge is 2.19. The number of rotatable bonds is 3. The first kappa shape index (κ1) is 16.0. The maximum atomic E-state index is 12.3. The molecule has 0 bridgehead atoms. The normalized spacial score (nSPS) is 11.0. The minimum atomic E-state index is -3.94. The highest BCUT2D eigenvalue weighted by molar-refractivity contribution is 9.10. The number of aromatic nitrogens is 1. The maximum Gasteiger partial charge on any atom is 0.263 e. The number of nitrogens with one attached hydrogen (secondary N) is 1. The molecule has 0 aliphatic heterocycles. The number of anilines is 1. The number of hydrogen-bond donors (Lipinski definition) is 1. The van der Waals surface area contributed by atoms with Crippen LogP contribution in [0.5, 0.6) is 0 Å². The summed E-state index contributed by atoms with van der Waals surface area (Å²) >= 11 is 14.8. The monoisotopic (exact) mass is 405 g/mol. The number of hydrogen-bond acceptors (Lipinski definition) is 4. The van der Waals surface area contributed by atoms with Gasteiger partial charge in [0, 0.05) is 0 Å². The number of benzene rings is 1. The molecule has 2 rings (SSSR count). The molecule has 0 saturated carbocycles. The zero-order valence-electron chi connectivity index (χ0n) is 10.1. The van der Waals surface area contributed by atoms with Gasteiger partial charge < -0.3 is 0 Å². The van der Waals surface area contributed by atoms with Crippen LogP contribution in [0.2, 0.25) is 10.2 Å². The van der Waals surface area contributed by atoms with E-state index in [2.05, 4.69) is 25.6 Å². The fourth-order valence-corrected chi connectivity index (χ4v) is 3.48. The molecule has 0 atom stereocenters. The van der Waals surface area contributed by atoms with E-state index in [1.54, 1.807) is 0 Å². The first-order valence-electron chi connectivity index (χ1n) is 5.37. The minimum Gasteiger partial charge on any atom is -0.278 e. The van der Waals surface area contributed by atoms with Crippen molar-refractivity contribution in [1.82, 2.24) is 4.98 Å². The lowest BCUT2D eigenvalue weighted by Crippen LogP contribution is -2.14. The van der Waals surface area contributed by atoms with E-state index in [-0.39, 0.29) is 26.3 Å². The molecule has 1 aromatic carbocycles. The van der Waals surface area contributed by atoms with Crippen LogP contribution in [-0.4, -0.2) is 13.4 Å². The molecule has 1 N–H and O–H groups in total. The molecular weight excluding hydrogens is 401 g/mol. The molecule has 21 heavy (non-hydrogen) atoms. The second kappa shape index (κ2) is 6.20. The van der Waals surface area contributed by atoms with E-state index in [1.807, 2.05) is 6.07 Å². The predicted octanol–water partition coefficient (Wildman–Crippen LogP) is 3.82. The summed E-state index contributed by atoms with van der Waals surface area (Å²) in [7, 11) is -3.94. The Balaban J connectivity index is 2.43. The van der Waals surface area contributed by atoms with Gasteiger partial charge in [0.25, 0.3) is 10.0 Å². The van der Waals surface area contributed by atoms with E-state index in [9.17, 15) is 8.42 Å². The summed E-state index contributed by atoms with van der Waals surface area (Å²) in [5.74, 6) is 0. The average molecular weight is 407 g/mol. The van der Waals surface area contributed by atoms with Crippen molar-refractivity contribution < 1.29 is 8.42 Å². The SMILES string of the molecule is N#Cc1ccc(Cl)c(S(=O)(=O)Nc2cnc(Cl)c(Br)c2)c1. The number of pyridine rings is 1. The fourth-order valence-electron chi connectivity index (χ4n) is 1.47. The van der Waals surface area contributed by atoms with Gasteiger partial charge in [-0.3, -0.25) is 4.72 Å². The largest absolute Gasteiger partial charge is 0.278 e. The van der Waals surface area contributed by atoms with Crippen molar-refractivity contribution in [2.45, 2.75) is 4.90 Å². The molecule has 1 aromatic heterocycles. The summed E-state index contributed by atoms with van der Waals surface area (Å²) in [6.07, 6.45) is 1.27. The van der Waals surface area contributed by atoms with Gasteiger partial charge in [-0.1, -0.05) is 23.2 Å². The van der Waals surface area contributed by atoms with E-state index in [1.165, 1.54) is 30.5 Å². The van der Waals surface area contributed by atoms with Gasteiger partial charge in [0.2, 0.25) is 0 Å². The maximum absolute atomic E-state index is 12.3. The highest BCUT2D eigenvalue weighted by Crippen LogP contribution is 2.27. The van der Waals surface area contributed by atoms with Crippen LogP contribution < -0.4 is 4.72 Å². The van der Waals surface area contributed by atoms with Gasteiger partial charge in [-0.2, -0.15) is 5.26 Å². The van der Waals surface area contributed by atoms with Crippen LogP contribution in [0, 0.1) is 11.3 Å². The average Bonchev–Trinajstić information content (AvgIpc) is 2.43. The quantitative estimate of drug-likeness (QED) is 0.785. The number of sulfonamides is 1. The Hall–Kier alpha value is -1.33. The van der Waals surface area contributed by atoms with Crippen LogP contribution in [-0.2, 0) is 10.0 Å². The van der Waals surface area contributed by atoms with Crippen LogP contribution in [0.4, 0.5) is 5.69 Å². The van der Waals surface area contributed by atoms with E-state index in [0.717, 1.165) is 0 Å². The molecule has 0 radical (unpaired) electrons. The van der Waals surface area contributed by atoms with Crippen molar-refractivity contribution in [2.24, 2.45) is 0 Å². The van der Waals surface area contributed by atoms with E-state index >= 15 is 0 Å². The van der Waals surface area contributed by atoms with Gasteiger partial charge in [-0.15, -0.1) is 0 Å². The fraction of sp³-hybridized carbons (Fsp3) is 0. The molecule has 1 heterocycles. The van der Waals surface area contributed by atoms with Crippen molar-refractivity contribution in [1.29, 1.82) is 5.26 Å². The lowest BCUT2D eigenvalue weighted by Gasteiger charge is -2.10. The Kier molecular flexibility index (Phi) is 4.74. The molecular formula is C12H6BrCl2N3O2S. The smallest absolute Gasteiger partial charge is 0.263 e. The van der Waals surface area contributed by atoms with Gasteiger partial charge in [0.15, 0.2) is 0 Å². The Labute approximate surface area is 139 Å². The van der Waals surface area contributed by atoms with Gasteiger partial charge in [-0.25, -0.2) is 13.4 Å².